The van der Waals surface area contributed by atoms with Crippen LogP contribution in [0.1, 0.15) is 36.7 Å². The molecule has 2 aromatic carbocycles. The summed E-state index contributed by atoms with van der Waals surface area (Å²) in [6.07, 6.45) is 0.907. The number of anilines is 2. The van der Waals surface area contributed by atoms with E-state index in [4.69, 9.17) is 0 Å². The molecule has 0 fully saturated rings. The summed E-state index contributed by atoms with van der Waals surface area (Å²) in [5.41, 5.74) is 3.46. The smallest absolute Gasteiger partial charge is 0.246 e. The van der Waals surface area contributed by atoms with E-state index in [2.05, 4.69) is 17.6 Å². The first kappa shape index (κ1) is 16.7. The van der Waals surface area contributed by atoms with Gasteiger partial charge < -0.3 is 10.6 Å². The van der Waals surface area contributed by atoms with Crippen LogP contribution in [0.2, 0.25) is 0 Å². The number of para-hydroxylation sites is 1. The molecule has 0 bridgehead atoms. The Kier molecular flexibility index (Phi) is 5.52. The van der Waals surface area contributed by atoms with Crippen LogP contribution >= 0.6 is 0 Å². The standard InChI is InChI=1S/C19H22N2O2/c1-4-15-7-5-6-8-18(15)20-13(2)19(23)21-17-11-9-16(10-12-17)14(3)22/h5-13,20H,4H2,1-3H3,(H,21,23)/t13-/m0/s1. The van der Waals surface area contributed by atoms with E-state index < -0.39 is 0 Å². The maximum atomic E-state index is 12.3. The quantitative estimate of drug-likeness (QED) is 0.796. The predicted molar refractivity (Wildman–Crippen MR) is 94.0 cm³/mol. The average molecular weight is 310 g/mol. The van der Waals surface area contributed by atoms with E-state index in [9.17, 15) is 9.59 Å². The lowest BCUT2D eigenvalue weighted by molar-refractivity contribution is -0.116. The van der Waals surface area contributed by atoms with Gasteiger partial charge in [-0.05, 0) is 56.2 Å². The topological polar surface area (TPSA) is 58.2 Å². The number of carbonyl (C=O) groups excluding carboxylic acids is 2. The third-order valence-corrected chi connectivity index (χ3v) is 3.72. The lowest BCUT2D eigenvalue weighted by Gasteiger charge is -2.17. The van der Waals surface area contributed by atoms with Gasteiger partial charge in [-0.3, -0.25) is 9.59 Å². The van der Waals surface area contributed by atoms with Crippen molar-refractivity contribution in [2.45, 2.75) is 33.2 Å². The molecular weight excluding hydrogens is 288 g/mol. The fourth-order valence-electron chi connectivity index (χ4n) is 2.31. The number of amides is 1. The van der Waals surface area contributed by atoms with Crippen LogP contribution in [0.3, 0.4) is 0 Å². The third kappa shape index (κ3) is 4.42. The van der Waals surface area contributed by atoms with Gasteiger partial charge in [0.1, 0.15) is 6.04 Å². The van der Waals surface area contributed by atoms with Crippen LogP contribution in [0.5, 0.6) is 0 Å². The lowest BCUT2D eigenvalue weighted by atomic mass is 10.1. The summed E-state index contributed by atoms with van der Waals surface area (Å²) >= 11 is 0. The van der Waals surface area contributed by atoms with Crippen LogP contribution < -0.4 is 10.6 Å². The predicted octanol–water partition coefficient (Wildman–Crippen LogP) is 3.89. The molecule has 1 atom stereocenters. The Morgan fingerprint density at radius 1 is 1.04 bits per heavy atom. The molecule has 23 heavy (non-hydrogen) atoms. The van der Waals surface area contributed by atoms with Crippen LogP contribution in [0.15, 0.2) is 48.5 Å². The van der Waals surface area contributed by atoms with Gasteiger partial charge in [0.2, 0.25) is 5.91 Å². The first-order valence-electron chi connectivity index (χ1n) is 7.77. The van der Waals surface area contributed by atoms with Crippen molar-refractivity contribution < 1.29 is 9.59 Å². The normalized spacial score (nSPS) is 11.6. The molecule has 120 valence electrons. The number of hydrogen-bond acceptors (Lipinski definition) is 3. The number of Topliss-reactive ketones (excluding diaryl/α,β-unsaturated/α-hetero) is 1. The molecule has 0 unspecified atom stereocenters. The van der Waals surface area contributed by atoms with Gasteiger partial charge in [0.25, 0.3) is 0 Å². The first-order chi connectivity index (χ1) is 11.0. The first-order valence-corrected chi connectivity index (χ1v) is 7.77. The van der Waals surface area contributed by atoms with Crippen molar-refractivity contribution in [3.63, 3.8) is 0 Å². The SMILES string of the molecule is CCc1ccccc1N[C@@H](C)C(=O)Nc1ccc(C(C)=O)cc1. The lowest BCUT2D eigenvalue weighted by Crippen LogP contribution is -2.32. The molecule has 4 nitrogen and oxygen atoms in total. The molecule has 0 aliphatic carbocycles. The Morgan fingerprint density at radius 2 is 1.70 bits per heavy atom. The van der Waals surface area contributed by atoms with Gasteiger partial charge >= 0.3 is 0 Å². The van der Waals surface area contributed by atoms with E-state index in [0.29, 0.717) is 11.3 Å². The molecule has 2 N–H and O–H groups in total. The maximum absolute atomic E-state index is 12.3. The third-order valence-electron chi connectivity index (χ3n) is 3.72. The number of hydrogen-bond donors (Lipinski definition) is 2. The van der Waals surface area contributed by atoms with Gasteiger partial charge in [0.05, 0.1) is 0 Å². The van der Waals surface area contributed by atoms with Crippen molar-refractivity contribution >= 4 is 23.1 Å². The second kappa shape index (κ2) is 7.58. The Labute approximate surface area is 136 Å². The van der Waals surface area contributed by atoms with Crippen molar-refractivity contribution in [2.75, 3.05) is 10.6 Å². The molecule has 0 aliphatic heterocycles. The zero-order valence-electron chi connectivity index (χ0n) is 13.7. The summed E-state index contributed by atoms with van der Waals surface area (Å²) in [5, 5.41) is 6.10. The zero-order valence-corrected chi connectivity index (χ0v) is 13.7. The van der Waals surface area contributed by atoms with Crippen LogP contribution in [0, 0.1) is 0 Å². The molecule has 0 aromatic heterocycles. The largest absolute Gasteiger partial charge is 0.374 e. The van der Waals surface area contributed by atoms with E-state index in [-0.39, 0.29) is 17.7 Å². The van der Waals surface area contributed by atoms with E-state index in [1.165, 1.54) is 12.5 Å². The molecule has 0 aliphatic rings. The van der Waals surface area contributed by atoms with Crippen molar-refractivity contribution in [2.24, 2.45) is 0 Å². The van der Waals surface area contributed by atoms with Crippen molar-refractivity contribution in [3.8, 4) is 0 Å². The van der Waals surface area contributed by atoms with E-state index >= 15 is 0 Å². The van der Waals surface area contributed by atoms with Crippen molar-refractivity contribution in [3.05, 3.63) is 59.7 Å². The van der Waals surface area contributed by atoms with Crippen LogP contribution in [0.4, 0.5) is 11.4 Å². The average Bonchev–Trinajstić information content (AvgIpc) is 2.55. The summed E-state index contributed by atoms with van der Waals surface area (Å²) in [5.74, 6) is -0.111. The molecule has 2 rings (SSSR count). The number of carbonyl (C=O) groups is 2. The second-order valence-electron chi connectivity index (χ2n) is 5.50. The Balaban J connectivity index is 2.01. The zero-order chi connectivity index (χ0) is 16.8. The van der Waals surface area contributed by atoms with Gasteiger partial charge in [0, 0.05) is 16.9 Å². The molecular formula is C19H22N2O2. The monoisotopic (exact) mass is 310 g/mol. The number of aryl methyl sites for hydroxylation is 1. The molecule has 4 heteroatoms. The molecule has 2 aromatic rings. The molecule has 0 saturated carbocycles. The summed E-state index contributed by atoms with van der Waals surface area (Å²) < 4.78 is 0. The van der Waals surface area contributed by atoms with Gasteiger partial charge in [-0.15, -0.1) is 0 Å². The maximum Gasteiger partial charge on any atom is 0.246 e. The van der Waals surface area contributed by atoms with Crippen LogP contribution in [-0.2, 0) is 11.2 Å². The highest BCUT2D eigenvalue weighted by Crippen LogP contribution is 2.17. The van der Waals surface area contributed by atoms with E-state index in [1.807, 2.05) is 31.2 Å². The summed E-state index contributed by atoms with van der Waals surface area (Å²) in [7, 11) is 0. The Morgan fingerprint density at radius 3 is 2.30 bits per heavy atom. The Bertz CT molecular complexity index is 693. The minimum atomic E-state index is -0.366. The molecule has 0 radical (unpaired) electrons. The summed E-state index contributed by atoms with van der Waals surface area (Å²) in [6.45, 7) is 5.43. The highest BCUT2D eigenvalue weighted by atomic mass is 16.2. The Hall–Kier alpha value is -2.62. The molecule has 0 heterocycles. The van der Waals surface area contributed by atoms with Gasteiger partial charge in [-0.25, -0.2) is 0 Å². The van der Waals surface area contributed by atoms with Crippen LogP contribution in [0.25, 0.3) is 0 Å². The fourth-order valence-corrected chi connectivity index (χ4v) is 2.31. The minimum absolute atomic E-state index is 0.00841. The number of benzene rings is 2. The number of ketones is 1. The van der Waals surface area contributed by atoms with Crippen molar-refractivity contribution in [1.82, 2.24) is 0 Å². The number of nitrogens with one attached hydrogen (secondary N) is 2. The number of rotatable bonds is 6. The van der Waals surface area contributed by atoms with E-state index in [0.717, 1.165) is 12.1 Å². The molecule has 1 amide bonds. The van der Waals surface area contributed by atoms with E-state index in [1.54, 1.807) is 24.3 Å². The summed E-state index contributed by atoms with van der Waals surface area (Å²) in [4.78, 5) is 23.5. The summed E-state index contributed by atoms with van der Waals surface area (Å²) in [6, 6.07) is 14.5. The highest BCUT2D eigenvalue weighted by molar-refractivity contribution is 5.98. The fraction of sp³-hybridized carbons (Fsp3) is 0.263. The highest BCUT2D eigenvalue weighted by Gasteiger charge is 2.14. The molecule has 0 spiro atoms. The van der Waals surface area contributed by atoms with Crippen molar-refractivity contribution in [1.29, 1.82) is 0 Å². The van der Waals surface area contributed by atoms with Crippen LogP contribution in [-0.4, -0.2) is 17.7 Å². The van der Waals surface area contributed by atoms with Gasteiger partial charge in [0.15, 0.2) is 5.78 Å². The van der Waals surface area contributed by atoms with Gasteiger partial charge in [-0.1, -0.05) is 25.1 Å². The molecule has 0 saturated heterocycles. The minimum Gasteiger partial charge on any atom is -0.374 e. The van der Waals surface area contributed by atoms with Gasteiger partial charge in [-0.2, -0.15) is 0 Å². The second-order valence-corrected chi connectivity index (χ2v) is 5.50.